The topological polar surface area (TPSA) is 89.3 Å². The van der Waals surface area contributed by atoms with Crippen LogP contribution in [-0.4, -0.2) is 59.5 Å². The van der Waals surface area contributed by atoms with Gasteiger partial charge in [-0.05, 0) is 76.2 Å². The van der Waals surface area contributed by atoms with Crippen molar-refractivity contribution in [2.45, 2.75) is 90.2 Å². The molecule has 2 amide bonds. The van der Waals surface area contributed by atoms with E-state index < -0.39 is 0 Å². The van der Waals surface area contributed by atoms with Gasteiger partial charge in [-0.2, -0.15) is 0 Å². The summed E-state index contributed by atoms with van der Waals surface area (Å²) in [4.78, 5) is 42.5. The third-order valence-corrected chi connectivity index (χ3v) is 9.17. The lowest BCUT2D eigenvalue weighted by atomic mass is 9.76. The van der Waals surface area contributed by atoms with Crippen molar-refractivity contribution >= 4 is 22.8 Å². The molecule has 1 aromatic carbocycles. The number of benzene rings is 1. The Hall–Kier alpha value is -3.03. The molecular weight excluding hydrogens is 496 g/mol. The maximum absolute atomic E-state index is 13.5. The number of rotatable bonds is 6. The zero-order valence-electron chi connectivity index (χ0n) is 23.4. The van der Waals surface area contributed by atoms with E-state index in [-0.39, 0.29) is 35.7 Å². The van der Waals surface area contributed by atoms with Crippen LogP contribution < -0.4 is 15.1 Å². The molecule has 2 bridgehead atoms. The summed E-state index contributed by atoms with van der Waals surface area (Å²) < 4.78 is 18.3. The van der Waals surface area contributed by atoms with Crippen LogP contribution in [0.25, 0.3) is 11.0 Å². The first kappa shape index (κ1) is 26.2. The van der Waals surface area contributed by atoms with Gasteiger partial charge in [-0.3, -0.25) is 9.59 Å². The van der Waals surface area contributed by atoms with Crippen molar-refractivity contribution in [3.8, 4) is 11.5 Å². The van der Waals surface area contributed by atoms with Gasteiger partial charge in [-0.25, -0.2) is 4.79 Å². The molecule has 1 aromatic heterocycles. The minimum Gasteiger partial charge on any atom is -0.487 e. The third-order valence-electron chi connectivity index (χ3n) is 9.17. The first-order valence-corrected chi connectivity index (χ1v) is 14.7. The predicted molar refractivity (Wildman–Crippen MR) is 147 cm³/mol. The number of fused-ring (bicyclic) bond motifs is 7. The first-order valence-electron chi connectivity index (χ1n) is 14.7. The van der Waals surface area contributed by atoms with Gasteiger partial charge in [-0.15, -0.1) is 0 Å². The molecule has 39 heavy (non-hydrogen) atoms. The molecule has 0 spiro atoms. The number of carbonyl (C=O) groups excluding carboxylic acids is 2. The van der Waals surface area contributed by atoms with E-state index in [2.05, 4.69) is 11.8 Å². The van der Waals surface area contributed by atoms with Crippen molar-refractivity contribution in [1.82, 2.24) is 9.80 Å². The van der Waals surface area contributed by atoms with Gasteiger partial charge in [0.1, 0.15) is 22.7 Å². The maximum atomic E-state index is 13.5. The Morgan fingerprint density at radius 2 is 2.00 bits per heavy atom. The average Bonchev–Trinajstić information content (AvgIpc) is 2.89. The number of ether oxygens (including phenoxy) is 2. The van der Waals surface area contributed by atoms with E-state index in [1.807, 2.05) is 24.8 Å². The highest BCUT2D eigenvalue weighted by atomic mass is 16.5. The molecule has 3 fully saturated rings. The lowest BCUT2D eigenvalue weighted by Crippen LogP contribution is -2.61. The van der Waals surface area contributed by atoms with E-state index in [1.165, 1.54) is 0 Å². The van der Waals surface area contributed by atoms with Crippen LogP contribution in [0.2, 0.25) is 0 Å². The third kappa shape index (κ3) is 5.03. The predicted octanol–water partition coefficient (Wildman–Crippen LogP) is 4.48. The Bertz CT molecular complexity index is 1350. The summed E-state index contributed by atoms with van der Waals surface area (Å²) in [6, 6.07) is 3.71. The van der Waals surface area contributed by atoms with Crippen molar-refractivity contribution in [1.29, 1.82) is 0 Å². The van der Waals surface area contributed by atoms with Crippen molar-refractivity contribution < 1.29 is 23.5 Å². The van der Waals surface area contributed by atoms with E-state index in [0.717, 1.165) is 74.4 Å². The molecule has 4 aliphatic rings. The second-order valence-electron chi connectivity index (χ2n) is 12.6. The molecule has 8 nitrogen and oxygen atoms in total. The summed E-state index contributed by atoms with van der Waals surface area (Å²) in [5, 5.41) is 0.782. The Morgan fingerprint density at radius 3 is 2.82 bits per heavy atom. The minimum absolute atomic E-state index is 0.0418. The van der Waals surface area contributed by atoms with Gasteiger partial charge >= 0.3 is 5.63 Å². The van der Waals surface area contributed by atoms with Crippen molar-refractivity contribution in [2.24, 2.45) is 11.8 Å². The number of carbonyl (C=O) groups is 2. The smallest absolute Gasteiger partial charge is 0.336 e. The number of amides is 2. The second kappa shape index (κ2) is 10.2. The number of nitrogens with zero attached hydrogens (tertiary/aromatic N) is 2. The molecule has 3 atom stereocenters. The quantitative estimate of drug-likeness (QED) is 0.506. The minimum atomic E-state index is -0.371. The van der Waals surface area contributed by atoms with Crippen LogP contribution in [0.15, 0.2) is 21.3 Å². The lowest BCUT2D eigenvalue weighted by Gasteiger charge is -2.52. The number of aryl methyl sites for hydroxylation is 2. The average molecular weight is 537 g/mol. The fraction of sp³-hybridized carbons (Fsp3) is 0.645. The fourth-order valence-electron chi connectivity index (χ4n) is 7.24. The highest BCUT2D eigenvalue weighted by molar-refractivity contribution is 5.92. The summed E-state index contributed by atoms with van der Waals surface area (Å²) in [6.07, 6.45) is 7.95. The van der Waals surface area contributed by atoms with Crippen LogP contribution in [0.5, 0.6) is 11.5 Å². The van der Waals surface area contributed by atoms with E-state index in [0.29, 0.717) is 48.4 Å². The van der Waals surface area contributed by atoms with Crippen LogP contribution in [0.4, 0.5) is 0 Å². The Kier molecular flexibility index (Phi) is 6.84. The van der Waals surface area contributed by atoms with Gasteiger partial charge in [0.25, 0.3) is 5.91 Å². The maximum Gasteiger partial charge on any atom is 0.336 e. The molecular formula is C31H40N2O6. The molecule has 3 unspecified atom stereocenters. The van der Waals surface area contributed by atoms with Crippen LogP contribution in [0.3, 0.4) is 0 Å². The van der Waals surface area contributed by atoms with Gasteiger partial charge in [0.15, 0.2) is 6.61 Å². The molecule has 6 rings (SSSR count). The monoisotopic (exact) mass is 536 g/mol. The first-order chi connectivity index (χ1) is 18.7. The highest BCUT2D eigenvalue weighted by Gasteiger charge is 2.44. The van der Waals surface area contributed by atoms with Crippen molar-refractivity contribution in [2.75, 3.05) is 26.2 Å². The van der Waals surface area contributed by atoms with Gasteiger partial charge < -0.3 is 23.7 Å². The Morgan fingerprint density at radius 1 is 1.15 bits per heavy atom. The van der Waals surface area contributed by atoms with E-state index in [9.17, 15) is 14.4 Å². The standard InChI is InChI=1S/C31H40N2O6/c1-4-5-7-20-13-28(36)38-30-22-10-11-31(2,3)39-24(22)14-25(29(20)30)37-18-27(35)32-15-19-12-21(17-32)23-8-6-9-26(34)33(23)16-19/h13-14,19,21,23H,4-12,15-18H2,1-3H3. The number of hydrogen-bond acceptors (Lipinski definition) is 6. The summed E-state index contributed by atoms with van der Waals surface area (Å²) in [5.74, 6) is 2.08. The zero-order valence-corrected chi connectivity index (χ0v) is 23.4. The normalized spacial score (nSPS) is 25.6. The van der Waals surface area contributed by atoms with Gasteiger partial charge in [0.2, 0.25) is 5.91 Å². The SMILES string of the molecule is CCCCc1cc(=O)oc2c3c(cc(OCC(=O)N4CC5CC(C4)C4CCCC(=O)N4C5)c12)OC(C)(C)CC3. The van der Waals surface area contributed by atoms with E-state index in [4.69, 9.17) is 13.9 Å². The molecule has 3 saturated heterocycles. The van der Waals surface area contributed by atoms with Crippen LogP contribution >= 0.6 is 0 Å². The molecule has 0 N–H and O–H groups in total. The molecule has 0 radical (unpaired) electrons. The number of hydrogen-bond donors (Lipinski definition) is 0. The Labute approximate surface area is 229 Å². The Balaban J connectivity index is 1.26. The molecule has 0 saturated carbocycles. The van der Waals surface area contributed by atoms with Gasteiger partial charge in [0.05, 0.1) is 5.39 Å². The number of unbranched alkanes of at least 4 members (excludes halogenated alkanes) is 1. The van der Waals surface area contributed by atoms with E-state index in [1.54, 1.807) is 6.07 Å². The van der Waals surface area contributed by atoms with Crippen molar-refractivity contribution in [3.63, 3.8) is 0 Å². The zero-order chi connectivity index (χ0) is 27.3. The summed E-state index contributed by atoms with van der Waals surface area (Å²) in [5.41, 5.74) is 1.61. The molecule has 0 aliphatic carbocycles. The van der Waals surface area contributed by atoms with Crippen LogP contribution in [0, 0.1) is 11.8 Å². The molecule has 8 heteroatoms. The largest absolute Gasteiger partial charge is 0.487 e. The summed E-state index contributed by atoms with van der Waals surface area (Å²) in [7, 11) is 0. The van der Waals surface area contributed by atoms with Gasteiger partial charge in [-0.1, -0.05) is 13.3 Å². The van der Waals surface area contributed by atoms with Gasteiger partial charge in [0, 0.05) is 49.8 Å². The summed E-state index contributed by atoms with van der Waals surface area (Å²) >= 11 is 0. The molecule has 210 valence electrons. The fourth-order valence-corrected chi connectivity index (χ4v) is 7.24. The number of likely N-dealkylation sites (tertiary alicyclic amines) is 1. The van der Waals surface area contributed by atoms with Crippen LogP contribution in [-0.2, 0) is 22.4 Å². The van der Waals surface area contributed by atoms with E-state index >= 15 is 0 Å². The number of piperidine rings is 3. The molecule has 4 aliphatic heterocycles. The second-order valence-corrected chi connectivity index (χ2v) is 12.6. The summed E-state index contributed by atoms with van der Waals surface area (Å²) in [6.45, 7) is 8.22. The molecule has 5 heterocycles. The lowest BCUT2D eigenvalue weighted by molar-refractivity contribution is -0.149. The molecule has 2 aromatic rings. The van der Waals surface area contributed by atoms with Crippen molar-refractivity contribution in [3.05, 3.63) is 33.7 Å². The highest BCUT2D eigenvalue weighted by Crippen LogP contribution is 2.43. The van der Waals surface area contributed by atoms with Crippen LogP contribution in [0.1, 0.15) is 76.8 Å².